The van der Waals surface area contributed by atoms with Crippen LogP contribution in [0.4, 0.5) is 0 Å². The Hall–Kier alpha value is 0.440. The summed E-state index contributed by atoms with van der Waals surface area (Å²) in [6, 6.07) is 0. The van der Waals surface area contributed by atoms with Crippen molar-refractivity contribution in [3.63, 3.8) is 0 Å². The summed E-state index contributed by atoms with van der Waals surface area (Å²) in [5, 5.41) is 0.989. The summed E-state index contributed by atoms with van der Waals surface area (Å²) in [6.45, 7) is 6.59. The van der Waals surface area contributed by atoms with Gasteiger partial charge in [-0.3, -0.25) is 0 Å². The minimum absolute atomic E-state index is 0.131. The van der Waals surface area contributed by atoms with E-state index in [-0.39, 0.29) is 5.60 Å². The van der Waals surface area contributed by atoms with Crippen LogP contribution in [0.25, 0.3) is 0 Å². The van der Waals surface area contributed by atoms with E-state index in [1.165, 1.54) is 25.7 Å². The molecule has 2 unspecified atom stereocenters. The third kappa shape index (κ3) is 3.25. The average molecular weight is 249 g/mol. The zero-order chi connectivity index (χ0) is 9.90. The summed E-state index contributed by atoms with van der Waals surface area (Å²) in [7, 11) is 0. The van der Waals surface area contributed by atoms with Crippen molar-refractivity contribution in [2.75, 3.05) is 5.33 Å². The first-order valence-corrected chi connectivity index (χ1v) is 6.44. The van der Waals surface area contributed by atoms with Gasteiger partial charge < -0.3 is 4.74 Å². The summed E-state index contributed by atoms with van der Waals surface area (Å²) in [5.74, 6) is 0.824. The molecule has 0 aromatic rings. The lowest BCUT2D eigenvalue weighted by Crippen LogP contribution is -2.41. The smallest absolute Gasteiger partial charge is 0.0784 e. The van der Waals surface area contributed by atoms with Crippen LogP contribution >= 0.6 is 15.9 Å². The van der Waals surface area contributed by atoms with Crippen molar-refractivity contribution in [3.05, 3.63) is 0 Å². The summed E-state index contributed by atoms with van der Waals surface area (Å²) < 4.78 is 6.05. The minimum atomic E-state index is 0.131. The zero-order valence-electron chi connectivity index (χ0n) is 8.98. The molecule has 2 atom stereocenters. The molecule has 0 spiro atoms. The van der Waals surface area contributed by atoms with Gasteiger partial charge in [-0.2, -0.15) is 0 Å². The Morgan fingerprint density at radius 2 is 2.23 bits per heavy atom. The number of halogens is 1. The molecule has 1 aliphatic carbocycles. The second kappa shape index (κ2) is 4.79. The summed E-state index contributed by atoms with van der Waals surface area (Å²) in [5.41, 5.74) is 0.131. The van der Waals surface area contributed by atoms with Crippen LogP contribution in [0.15, 0.2) is 0 Å². The van der Waals surface area contributed by atoms with E-state index in [0.29, 0.717) is 6.10 Å². The van der Waals surface area contributed by atoms with Gasteiger partial charge in [0.15, 0.2) is 0 Å². The third-order valence-electron chi connectivity index (χ3n) is 2.78. The molecule has 0 saturated heterocycles. The van der Waals surface area contributed by atoms with E-state index in [2.05, 4.69) is 36.7 Å². The predicted octanol–water partition coefficient (Wildman–Crippen LogP) is 3.76. The Morgan fingerprint density at radius 3 is 2.69 bits per heavy atom. The lowest BCUT2D eigenvalue weighted by Gasteiger charge is -2.40. The monoisotopic (exact) mass is 248 g/mol. The van der Waals surface area contributed by atoms with Crippen molar-refractivity contribution >= 4 is 15.9 Å². The van der Waals surface area contributed by atoms with Gasteiger partial charge in [-0.05, 0) is 32.6 Å². The van der Waals surface area contributed by atoms with Gasteiger partial charge in [0.1, 0.15) is 0 Å². The van der Waals surface area contributed by atoms with Gasteiger partial charge in [-0.1, -0.05) is 35.7 Å². The second-order valence-corrected chi connectivity index (χ2v) is 5.25. The molecule has 0 radical (unpaired) electrons. The lowest BCUT2D eigenvalue weighted by molar-refractivity contribution is -0.0935. The predicted molar refractivity (Wildman–Crippen MR) is 60.4 cm³/mol. The highest BCUT2D eigenvalue weighted by atomic mass is 79.9. The Morgan fingerprint density at radius 1 is 1.54 bits per heavy atom. The molecule has 2 heteroatoms. The Kier molecular flexibility index (Phi) is 4.24. The average Bonchev–Trinajstić information content (AvgIpc) is 2.03. The zero-order valence-corrected chi connectivity index (χ0v) is 10.6. The van der Waals surface area contributed by atoms with Crippen LogP contribution in [-0.2, 0) is 4.74 Å². The maximum atomic E-state index is 6.05. The van der Waals surface area contributed by atoms with Crippen molar-refractivity contribution in [2.24, 2.45) is 5.92 Å². The Balaban J connectivity index is 2.56. The summed E-state index contributed by atoms with van der Waals surface area (Å²) >= 11 is 3.60. The molecule has 1 rings (SSSR count). The van der Waals surface area contributed by atoms with Crippen LogP contribution in [0.1, 0.15) is 46.5 Å². The van der Waals surface area contributed by atoms with E-state index in [0.717, 1.165) is 11.2 Å². The Bertz CT molecular complexity index is 154. The summed E-state index contributed by atoms with van der Waals surface area (Å²) in [6.07, 6.45) is 5.48. The molecule has 13 heavy (non-hydrogen) atoms. The van der Waals surface area contributed by atoms with Crippen LogP contribution in [0, 0.1) is 5.92 Å². The van der Waals surface area contributed by atoms with Crippen molar-refractivity contribution < 1.29 is 4.74 Å². The van der Waals surface area contributed by atoms with Crippen molar-refractivity contribution in [2.45, 2.75) is 58.2 Å². The van der Waals surface area contributed by atoms with Crippen LogP contribution in [0.2, 0.25) is 0 Å². The fraction of sp³-hybridized carbons (Fsp3) is 1.00. The number of hydrogen-bond acceptors (Lipinski definition) is 1. The summed E-state index contributed by atoms with van der Waals surface area (Å²) in [4.78, 5) is 0. The highest BCUT2D eigenvalue weighted by molar-refractivity contribution is 9.09. The topological polar surface area (TPSA) is 9.23 Å². The first kappa shape index (κ1) is 11.5. The molecule has 0 heterocycles. The van der Waals surface area contributed by atoms with E-state index in [1.54, 1.807) is 0 Å². The lowest BCUT2D eigenvalue weighted by atomic mass is 9.80. The molecule has 0 bridgehead atoms. The van der Waals surface area contributed by atoms with Crippen molar-refractivity contribution in [1.29, 1.82) is 0 Å². The normalized spacial score (nSPS) is 35.3. The molecule has 1 fully saturated rings. The minimum Gasteiger partial charge on any atom is -0.371 e. The fourth-order valence-corrected chi connectivity index (χ4v) is 3.01. The van der Waals surface area contributed by atoms with E-state index in [9.17, 15) is 0 Å². The number of alkyl halides is 1. The highest BCUT2D eigenvalue weighted by Gasteiger charge is 2.35. The van der Waals surface area contributed by atoms with Crippen LogP contribution in [0.3, 0.4) is 0 Å². The van der Waals surface area contributed by atoms with Gasteiger partial charge in [-0.15, -0.1) is 0 Å². The molecular formula is C11H21BrO. The van der Waals surface area contributed by atoms with Gasteiger partial charge >= 0.3 is 0 Å². The number of ether oxygens (including phenoxy) is 1. The highest BCUT2D eigenvalue weighted by Crippen LogP contribution is 2.37. The molecule has 1 aliphatic rings. The maximum Gasteiger partial charge on any atom is 0.0784 e. The molecule has 0 amide bonds. The Labute approximate surface area is 90.4 Å². The van der Waals surface area contributed by atoms with Crippen LogP contribution in [0.5, 0.6) is 0 Å². The van der Waals surface area contributed by atoms with Gasteiger partial charge in [0.25, 0.3) is 0 Å². The molecule has 0 aromatic carbocycles. The SMILES string of the molecule is CC1CCCC(CBr)(OC(C)C)C1. The van der Waals surface area contributed by atoms with E-state index in [1.807, 2.05) is 0 Å². The van der Waals surface area contributed by atoms with Crippen molar-refractivity contribution in [1.82, 2.24) is 0 Å². The molecule has 78 valence electrons. The quantitative estimate of drug-likeness (QED) is 0.692. The largest absolute Gasteiger partial charge is 0.371 e. The van der Waals surface area contributed by atoms with E-state index < -0.39 is 0 Å². The molecular weight excluding hydrogens is 228 g/mol. The standard InChI is InChI=1S/C11H21BrO/c1-9(2)13-11(8-12)6-4-5-10(3)7-11/h9-10H,4-8H2,1-3H3. The molecule has 0 aromatic heterocycles. The molecule has 0 N–H and O–H groups in total. The van der Waals surface area contributed by atoms with Crippen LogP contribution in [-0.4, -0.2) is 17.0 Å². The van der Waals surface area contributed by atoms with Crippen LogP contribution < -0.4 is 0 Å². The first-order valence-electron chi connectivity index (χ1n) is 5.32. The molecule has 1 nitrogen and oxygen atoms in total. The van der Waals surface area contributed by atoms with Gasteiger partial charge in [0, 0.05) is 5.33 Å². The van der Waals surface area contributed by atoms with Gasteiger partial charge in [0.05, 0.1) is 11.7 Å². The maximum absolute atomic E-state index is 6.05. The second-order valence-electron chi connectivity index (χ2n) is 4.68. The molecule has 1 saturated carbocycles. The number of hydrogen-bond donors (Lipinski definition) is 0. The van der Waals surface area contributed by atoms with Gasteiger partial charge in [0.2, 0.25) is 0 Å². The van der Waals surface area contributed by atoms with E-state index in [4.69, 9.17) is 4.74 Å². The third-order valence-corrected chi connectivity index (χ3v) is 3.80. The number of rotatable bonds is 3. The van der Waals surface area contributed by atoms with Crippen molar-refractivity contribution in [3.8, 4) is 0 Å². The first-order chi connectivity index (χ1) is 6.08. The van der Waals surface area contributed by atoms with E-state index >= 15 is 0 Å². The molecule has 0 aliphatic heterocycles. The fourth-order valence-electron chi connectivity index (χ4n) is 2.37. The van der Waals surface area contributed by atoms with Gasteiger partial charge in [-0.25, -0.2) is 0 Å².